The second-order valence-corrected chi connectivity index (χ2v) is 6.17. The van der Waals surface area contributed by atoms with Crippen LogP contribution in [-0.2, 0) is 12.0 Å². The van der Waals surface area contributed by atoms with Gasteiger partial charge in [0.1, 0.15) is 18.3 Å². The lowest BCUT2D eigenvalue weighted by atomic mass is 9.85. The number of aromatic nitrogens is 3. The molecule has 0 bridgehead atoms. The van der Waals surface area contributed by atoms with Gasteiger partial charge in [-0.1, -0.05) is 54.1 Å². The van der Waals surface area contributed by atoms with Crippen molar-refractivity contribution in [3.05, 3.63) is 83.4 Å². The lowest BCUT2D eigenvalue weighted by molar-refractivity contribution is -0.00474. The number of aliphatic hydroxyl groups is 1. The third-order valence-corrected chi connectivity index (χ3v) is 4.36. The van der Waals surface area contributed by atoms with E-state index in [4.69, 9.17) is 11.6 Å². The van der Waals surface area contributed by atoms with E-state index in [0.29, 0.717) is 11.4 Å². The summed E-state index contributed by atoms with van der Waals surface area (Å²) in [7, 11) is 0. The highest BCUT2D eigenvalue weighted by Gasteiger charge is 2.35. The van der Waals surface area contributed by atoms with Crippen molar-refractivity contribution in [3.63, 3.8) is 0 Å². The Balaban J connectivity index is 1.97. The number of halogens is 1. The number of hydrogen-bond acceptors (Lipinski definition) is 3. The van der Waals surface area contributed by atoms with Gasteiger partial charge in [0.25, 0.3) is 0 Å². The predicted octanol–water partition coefficient (Wildman–Crippen LogP) is 3.62. The average molecular weight is 328 g/mol. The molecule has 2 atom stereocenters. The minimum Gasteiger partial charge on any atom is -0.383 e. The topological polar surface area (TPSA) is 50.9 Å². The van der Waals surface area contributed by atoms with Crippen molar-refractivity contribution in [1.29, 1.82) is 0 Å². The highest BCUT2D eigenvalue weighted by atomic mass is 35.5. The summed E-state index contributed by atoms with van der Waals surface area (Å²) in [6, 6.07) is 17.0. The number of benzene rings is 2. The maximum Gasteiger partial charge on any atom is 0.137 e. The van der Waals surface area contributed by atoms with Gasteiger partial charge in [0, 0.05) is 5.02 Å². The summed E-state index contributed by atoms with van der Waals surface area (Å²) in [5.74, 6) is 0. The fourth-order valence-corrected chi connectivity index (χ4v) is 2.87. The first-order chi connectivity index (χ1) is 11.1. The highest BCUT2D eigenvalue weighted by Crippen LogP contribution is 2.35. The summed E-state index contributed by atoms with van der Waals surface area (Å²) in [5, 5.41) is 16.2. The van der Waals surface area contributed by atoms with Gasteiger partial charge in [-0.05, 0) is 36.6 Å². The zero-order valence-corrected chi connectivity index (χ0v) is 13.6. The molecule has 1 N–H and O–H groups in total. The van der Waals surface area contributed by atoms with Gasteiger partial charge < -0.3 is 5.11 Å². The molecule has 118 valence electrons. The zero-order valence-electron chi connectivity index (χ0n) is 12.8. The van der Waals surface area contributed by atoms with Crippen molar-refractivity contribution in [3.8, 4) is 0 Å². The summed E-state index contributed by atoms with van der Waals surface area (Å²) in [6.45, 7) is 1.81. The largest absolute Gasteiger partial charge is 0.383 e. The summed E-state index contributed by atoms with van der Waals surface area (Å²) in [5.41, 5.74) is 0.828. The molecular formula is C18H18ClN3O. The molecule has 4 nitrogen and oxygen atoms in total. The summed E-state index contributed by atoms with van der Waals surface area (Å²) >= 11 is 5.96. The van der Waals surface area contributed by atoms with E-state index in [0.717, 1.165) is 11.1 Å². The second-order valence-electron chi connectivity index (χ2n) is 5.74. The first-order valence-electron chi connectivity index (χ1n) is 7.44. The van der Waals surface area contributed by atoms with E-state index in [9.17, 15) is 5.11 Å². The Hall–Kier alpha value is -2.17. The van der Waals surface area contributed by atoms with Crippen LogP contribution >= 0.6 is 11.6 Å². The van der Waals surface area contributed by atoms with Crippen LogP contribution in [0.15, 0.2) is 67.3 Å². The summed E-state index contributed by atoms with van der Waals surface area (Å²) in [6.07, 6.45) is 3.73. The third kappa shape index (κ3) is 3.44. The minimum absolute atomic E-state index is 0.284. The van der Waals surface area contributed by atoms with Gasteiger partial charge >= 0.3 is 0 Å². The first-order valence-corrected chi connectivity index (χ1v) is 7.81. The van der Waals surface area contributed by atoms with Crippen LogP contribution in [0.25, 0.3) is 0 Å². The van der Waals surface area contributed by atoms with Crippen LogP contribution in [0.2, 0.25) is 5.02 Å². The highest BCUT2D eigenvalue weighted by molar-refractivity contribution is 6.30. The van der Waals surface area contributed by atoms with Gasteiger partial charge in [0.05, 0.1) is 6.04 Å². The molecule has 0 amide bonds. The van der Waals surface area contributed by atoms with Crippen LogP contribution in [0, 0.1) is 0 Å². The normalized spacial score (nSPS) is 15.1. The van der Waals surface area contributed by atoms with Crippen molar-refractivity contribution in [2.75, 3.05) is 0 Å². The van der Waals surface area contributed by atoms with E-state index in [1.165, 1.54) is 6.33 Å². The number of hydrogen-bond donors (Lipinski definition) is 1. The lowest BCUT2D eigenvalue weighted by Gasteiger charge is -2.33. The molecule has 0 aliphatic heterocycles. The van der Waals surface area contributed by atoms with Crippen LogP contribution in [0.5, 0.6) is 0 Å². The van der Waals surface area contributed by atoms with E-state index in [1.54, 1.807) is 11.0 Å². The molecule has 0 aliphatic carbocycles. The van der Waals surface area contributed by atoms with Crippen LogP contribution < -0.4 is 0 Å². The molecule has 1 heterocycles. The molecule has 3 aromatic rings. The van der Waals surface area contributed by atoms with Gasteiger partial charge in [0.15, 0.2) is 0 Å². The number of rotatable bonds is 5. The van der Waals surface area contributed by atoms with Crippen molar-refractivity contribution in [2.24, 2.45) is 0 Å². The SMILES string of the molecule is C[C@@](O)(c1ccccc1)[C@H](Cc1ccc(Cl)cc1)n1cncn1. The van der Waals surface area contributed by atoms with Crippen molar-refractivity contribution in [1.82, 2.24) is 14.8 Å². The Labute approximate surface area is 140 Å². The lowest BCUT2D eigenvalue weighted by Crippen LogP contribution is -2.35. The molecule has 1 aromatic heterocycles. The van der Waals surface area contributed by atoms with E-state index < -0.39 is 5.60 Å². The molecule has 0 saturated carbocycles. The quantitative estimate of drug-likeness (QED) is 0.778. The smallest absolute Gasteiger partial charge is 0.137 e. The van der Waals surface area contributed by atoms with E-state index in [-0.39, 0.29) is 6.04 Å². The Bertz CT molecular complexity index is 740. The molecule has 3 rings (SSSR count). The molecule has 23 heavy (non-hydrogen) atoms. The first kappa shape index (κ1) is 15.7. The maximum atomic E-state index is 11.2. The molecule has 5 heteroatoms. The zero-order chi connectivity index (χ0) is 16.3. The van der Waals surface area contributed by atoms with Crippen LogP contribution in [0.1, 0.15) is 24.1 Å². The van der Waals surface area contributed by atoms with Gasteiger partial charge in [-0.15, -0.1) is 0 Å². The second kappa shape index (κ2) is 6.52. The maximum absolute atomic E-state index is 11.2. The van der Waals surface area contributed by atoms with Crippen molar-refractivity contribution in [2.45, 2.75) is 25.0 Å². The fourth-order valence-electron chi connectivity index (χ4n) is 2.74. The van der Waals surface area contributed by atoms with Gasteiger partial charge in [-0.3, -0.25) is 0 Å². The average Bonchev–Trinajstić information content (AvgIpc) is 3.09. The van der Waals surface area contributed by atoms with E-state index in [2.05, 4.69) is 10.1 Å². The molecule has 0 fully saturated rings. The van der Waals surface area contributed by atoms with Gasteiger partial charge in [-0.2, -0.15) is 5.10 Å². The molecule has 0 saturated heterocycles. The Morgan fingerprint density at radius 2 is 1.83 bits per heavy atom. The van der Waals surface area contributed by atoms with Gasteiger partial charge in [-0.25, -0.2) is 9.67 Å². The van der Waals surface area contributed by atoms with Crippen LogP contribution in [0.4, 0.5) is 0 Å². The fraction of sp³-hybridized carbons (Fsp3) is 0.222. The molecule has 0 spiro atoms. The Morgan fingerprint density at radius 1 is 1.13 bits per heavy atom. The predicted molar refractivity (Wildman–Crippen MR) is 90.2 cm³/mol. The Kier molecular flexibility index (Phi) is 4.46. The van der Waals surface area contributed by atoms with Crippen LogP contribution in [0.3, 0.4) is 0 Å². The van der Waals surface area contributed by atoms with Crippen LogP contribution in [-0.4, -0.2) is 19.9 Å². The van der Waals surface area contributed by atoms with Crippen molar-refractivity contribution >= 4 is 11.6 Å². The monoisotopic (exact) mass is 327 g/mol. The van der Waals surface area contributed by atoms with E-state index in [1.807, 2.05) is 61.5 Å². The molecular weight excluding hydrogens is 310 g/mol. The molecule has 0 aliphatic rings. The van der Waals surface area contributed by atoms with Crippen molar-refractivity contribution < 1.29 is 5.11 Å². The molecule has 2 aromatic carbocycles. The third-order valence-electron chi connectivity index (χ3n) is 4.11. The minimum atomic E-state index is -1.09. The Morgan fingerprint density at radius 3 is 2.43 bits per heavy atom. The summed E-state index contributed by atoms with van der Waals surface area (Å²) in [4.78, 5) is 4.03. The summed E-state index contributed by atoms with van der Waals surface area (Å²) < 4.78 is 1.71. The standard InChI is InChI=1S/C18H18ClN3O/c1-18(23,15-5-3-2-4-6-15)17(22-13-20-12-21-22)11-14-7-9-16(19)10-8-14/h2-10,12-13,17,23H,11H2,1H3/t17-,18+/m0/s1. The number of nitrogens with zero attached hydrogens (tertiary/aromatic N) is 3. The molecule has 0 unspecified atom stereocenters. The molecule has 0 radical (unpaired) electrons. The van der Waals surface area contributed by atoms with Gasteiger partial charge in [0.2, 0.25) is 0 Å². The van der Waals surface area contributed by atoms with E-state index >= 15 is 0 Å².